The quantitative estimate of drug-likeness (QED) is 0.758. The largest absolute Gasteiger partial charge is 0.454 e. The fourth-order valence-electron chi connectivity index (χ4n) is 3.04. The number of hydrogen-bond donors (Lipinski definition) is 0. The topological polar surface area (TPSA) is 69.5 Å². The number of amides is 1. The number of benzene rings is 1. The van der Waals surface area contributed by atoms with Crippen molar-refractivity contribution in [2.24, 2.45) is 7.05 Å². The van der Waals surface area contributed by atoms with Gasteiger partial charge in [-0.25, -0.2) is 0 Å². The van der Waals surface area contributed by atoms with Crippen LogP contribution in [0.15, 0.2) is 23.4 Å². The van der Waals surface area contributed by atoms with Crippen molar-refractivity contribution >= 4 is 17.7 Å². The summed E-state index contributed by atoms with van der Waals surface area (Å²) in [4.78, 5) is 14.1. The second-order valence-corrected chi connectivity index (χ2v) is 7.14. The zero-order valence-corrected chi connectivity index (χ0v) is 14.9. The van der Waals surface area contributed by atoms with Gasteiger partial charge < -0.3 is 18.9 Å². The third-order valence-corrected chi connectivity index (χ3v) is 5.51. The van der Waals surface area contributed by atoms with Crippen LogP contribution in [0.2, 0.25) is 0 Å². The molecule has 4 rings (SSSR count). The molecular formula is C17H20N4O3S. The third kappa shape index (κ3) is 3.44. The summed E-state index contributed by atoms with van der Waals surface area (Å²) in [6.07, 6.45) is 2.88. The normalized spacial score (nSPS) is 15.8. The molecule has 7 nitrogen and oxygen atoms in total. The van der Waals surface area contributed by atoms with Gasteiger partial charge in [-0.3, -0.25) is 4.79 Å². The highest BCUT2D eigenvalue weighted by molar-refractivity contribution is 7.99. The third-order valence-electron chi connectivity index (χ3n) is 4.51. The van der Waals surface area contributed by atoms with E-state index in [9.17, 15) is 4.79 Å². The molecule has 2 aliphatic heterocycles. The van der Waals surface area contributed by atoms with Gasteiger partial charge in [0.25, 0.3) is 0 Å². The number of ether oxygens (including phenoxy) is 2. The molecular weight excluding hydrogens is 340 g/mol. The maximum Gasteiger partial charge on any atom is 0.233 e. The molecule has 0 saturated carbocycles. The summed E-state index contributed by atoms with van der Waals surface area (Å²) in [6.45, 7) is 2.04. The average molecular weight is 360 g/mol. The number of fused-ring (bicyclic) bond motifs is 1. The Morgan fingerprint density at radius 3 is 2.84 bits per heavy atom. The molecule has 1 aromatic carbocycles. The van der Waals surface area contributed by atoms with Gasteiger partial charge in [-0.1, -0.05) is 17.8 Å². The van der Waals surface area contributed by atoms with Crippen molar-refractivity contribution < 1.29 is 14.3 Å². The molecule has 1 amide bonds. The van der Waals surface area contributed by atoms with Crippen LogP contribution in [0.3, 0.4) is 0 Å². The Morgan fingerprint density at radius 2 is 2.00 bits per heavy atom. The lowest BCUT2D eigenvalue weighted by Crippen LogP contribution is -2.29. The Morgan fingerprint density at radius 1 is 1.20 bits per heavy atom. The van der Waals surface area contributed by atoms with Gasteiger partial charge in [0.05, 0.1) is 5.75 Å². The molecule has 0 atom stereocenters. The lowest BCUT2D eigenvalue weighted by molar-refractivity contribution is -0.127. The zero-order chi connectivity index (χ0) is 17.2. The summed E-state index contributed by atoms with van der Waals surface area (Å²) in [6, 6.07) is 5.89. The van der Waals surface area contributed by atoms with E-state index in [1.165, 1.54) is 11.8 Å². The fraction of sp³-hybridized carbons (Fsp3) is 0.471. The molecule has 2 aromatic rings. The first-order valence-corrected chi connectivity index (χ1v) is 9.36. The predicted octanol–water partition coefficient (Wildman–Crippen LogP) is 1.85. The first kappa shape index (κ1) is 16.3. The molecule has 0 unspecified atom stereocenters. The second kappa shape index (κ2) is 6.95. The molecule has 3 heterocycles. The standard InChI is InChI=1S/C17H20N4O3S/c1-20-15(9-12-4-5-13-14(8-12)24-11-23-13)18-19-17(20)25-10-16(22)21-6-2-3-7-21/h4-5,8H,2-3,6-7,9-11H2,1H3. The summed E-state index contributed by atoms with van der Waals surface area (Å²) in [7, 11) is 1.94. The van der Waals surface area contributed by atoms with Crippen LogP contribution in [0.1, 0.15) is 24.2 Å². The number of thioether (sulfide) groups is 1. The first-order chi connectivity index (χ1) is 12.2. The van der Waals surface area contributed by atoms with Crippen molar-refractivity contribution in [2.75, 3.05) is 25.6 Å². The highest BCUT2D eigenvalue weighted by atomic mass is 32.2. The van der Waals surface area contributed by atoms with Crippen LogP contribution in [-0.2, 0) is 18.3 Å². The van der Waals surface area contributed by atoms with E-state index in [0.717, 1.165) is 54.0 Å². The van der Waals surface area contributed by atoms with E-state index < -0.39 is 0 Å². The lowest BCUT2D eigenvalue weighted by atomic mass is 10.1. The van der Waals surface area contributed by atoms with Gasteiger partial charge in [0.2, 0.25) is 12.7 Å². The molecule has 0 radical (unpaired) electrons. The smallest absolute Gasteiger partial charge is 0.233 e. The Bertz CT molecular complexity index is 786. The van der Waals surface area contributed by atoms with E-state index >= 15 is 0 Å². The summed E-state index contributed by atoms with van der Waals surface area (Å²) in [5, 5.41) is 9.27. The monoisotopic (exact) mass is 360 g/mol. The van der Waals surface area contributed by atoms with Gasteiger partial charge in [0.15, 0.2) is 16.7 Å². The lowest BCUT2D eigenvalue weighted by Gasteiger charge is -2.14. The van der Waals surface area contributed by atoms with E-state index in [-0.39, 0.29) is 12.7 Å². The molecule has 0 N–H and O–H groups in total. The van der Waals surface area contributed by atoms with E-state index in [4.69, 9.17) is 9.47 Å². The van der Waals surface area contributed by atoms with Gasteiger partial charge in [-0.05, 0) is 30.5 Å². The van der Waals surface area contributed by atoms with Crippen LogP contribution in [-0.4, -0.2) is 51.2 Å². The van der Waals surface area contributed by atoms with Gasteiger partial charge in [0.1, 0.15) is 5.82 Å². The number of carbonyl (C=O) groups is 1. The first-order valence-electron chi connectivity index (χ1n) is 8.38. The Hall–Kier alpha value is -2.22. The summed E-state index contributed by atoms with van der Waals surface area (Å²) in [5.41, 5.74) is 1.09. The Labute approximate surface area is 150 Å². The molecule has 2 aliphatic rings. The molecule has 1 fully saturated rings. The molecule has 132 valence electrons. The van der Waals surface area contributed by atoms with Gasteiger partial charge >= 0.3 is 0 Å². The minimum absolute atomic E-state index is 0.183. The van der Waals surface area contributed by atoms with Crippen molar-refractivity contribution in [1.29, 1.82) is 0 Å². The minimum atomic E-state index is 0.183. The number of carbonyl (C=O) groups excluding carboxylic acids is 1. The highest BCUT2D eigenvalue weighted by Gasteiger charge is 2.20. The minimum Gasteiger partial charge on any atom is -0.454 e. The molecule has 0 aliphatic carbocycles. The highest BCUT2D eigenvalue weighted by Crippen LogP contribution is 2.33. The van der Waals surface area contributed by atoms with Gasteiger partial charge in [-0.15, -0.1) is 10.2 Å². The molecule has 0 bridgehead atoms. The van der Waals surface area contributed by atoms with Crippen molar-refractivity contribution in [3.05, 3.63) is 29.6 Å². The van der Waals surface area contributed by atoms with Crippen molar-refractivity contribution in [3.63, 3.8) is 0 Å². The van der Waals surface area contributed by atoms with Gasteiger partial charge in [0, 0.05) is 26.6 Å². The van der Waals surface area contributed by atoms with Crippen LogP contribution in [0, 0.1) is 0 Å². The summed E-state index contributed by atoms with van der Waals surface area (Å²) >= 11 is 1.45. The van der Waals surface area contributed by atoms with Crippen molar-refractivity contribution in [1.82, 2.24) is 19.7 Å². The molecule has 25 heavy (non-hydrogen) atoms. The average Bonchev–Trinajstić information content (AvgIpc) is 3.35. The number of rotatable bonds is 5. The SMILES string of the molecule is Cn1c(Cc2ccc3c(c2)OCO3)nnc1SCC(=O)N1CCCC1. The van der Waals surface area contributed by atoms with E-state index in [1.807, 2.05) is 34.7 Å². The number of likely N-dealkylation sites (tertiary alicyclic amines) is 1. The van der Waals surface area contributed by atoms with Crippen LogP contribution < -0.4 is 9.47 Å². The zero-order valence-electron chi connectivity index (χ0n) is 14.1. The molecule has 8 heteroatoms. The molecule has 1 aromatic heterocycles. The molecule has 0 spiro atoms. The van der Waals surface area contributed by atoms with Crippen LogP contribution >= 0.6 is 11.8 Å². The maximum atomic E-state index is 12.2. The van der Waals surface area contributed by atoms with E-state index in [2.05, 4.69) is 10.2 Å². The maximum absolute atomic E-state index is 12.2. The van der Waals surface area contributed by atoms with E-state index in [0.29, 0.717) is 12.2 Å². The number of aromatic nitrogens is 3. The van der Waals surface area contributed by atoms with Crippen LogP contribution in [0.5, 0.6) is 11.5 Å². The van der Waals surface area contributed by atoms with Crippen molar-refractivity contribution in [2.45, 2.75) is 24.4 Å². The Balaban J connectivity index is 1.39. The summed E-state index contributed by atoms with van der Waals surface area (Å²) < 4.78 is 12.7. The van der Waals surface area contributed by atoms with Crippen LogP contribution in [0.25, 0.3) is 0 Å². The predicted molar refractivity (Wildman–Crippen MR) is 92.9 cm³/mol. The van der Waals surface area contributed by atoms with Crippen LogP contribution in [0.4, 0.5) is 0 Å². The summed E-state index contributed by atoms with van der Waals surface area (Å²) in [5.74, 6) is 3.00. The Kier molecular flexibility index (Phi) is 4.52. The van der Waals surface area contributed by atoms with Gasteiger partial charge in [-0.2, -0.15) is 0 Å². The molecule has 1 saturated heterocycles. The van der Waals surface area contributed by atoms with E-state index in [1.54, 1.807) is 0 Å². The number of nitrogens with zero attached hydrogens (tertiary/aromatic N) is 4. The fourth-order valence-corrected chi connectivity index (χ4v) is 3.88. The van der Waals surface area contributed by atoms with Crippen molar-refractivity contribution in [3.8, 4) is 11.5 Å². The second-order valence-electron chi connectivity index (χ2n) is 6.20. The number of hydrogen-bond acceptors (Lipinski definition) is 6.